The van der Waals surface area contributed by atoms with E-state index in [1.54, 1.807) is 9.80 Å². The lowest BCUT2D eigenvalue weighted by Crippen LogP contribution is -2.49. The SMILES string of the molecule is CC(C)(C)CBr.Cc1ccc(CN2CCN(C(=O)OC(C)(C)C)CC2)c(N)c1.Cc1ccc(CN2CCN(C(=O)OC(C)(C)C)CC2)c(NCC(=O)OC(C)(C)C)c1.O=C=O. The molecule has 15 heteroatoms. The first kappa shape index (κ1) is 54.8. The van der Waals surface area contributed by atoms with Crippen molar-refractivity contribution in [3.05, 3.63) is 58.7 Å². The summed E-state index contributed by atoms with van der Waals surface area (Å²) in [5.41, 5.74) is 11.5. The Morgan fingerprint density at radius 1 is 0.639 bits per heavy atom. The summed E-state index contributed by atoms with van der Waals surface area (Å²) in [6.45, 7) is 35.2. The van der Waals surface area contributed by atoms with E-state index in [-0.39, 0.29) is 30.9 Å². The Kier molecular flexibility index (Phi) is 22.5. The van der Waals surface area contributed by atoms with E-state index in [1.165, 1.54) is 5.56 Å². The van der Waals surface area contributed by atoms with Crippen LogP contribution in [-0.2, 0) is 41.7 Å². The summed E-state index contributed by atoms with van der Waals surface area (Å²) in [5.74, 6) is -0.277. The highest BCUT2D eigenvalue weighted by atomic mass is 79.9. The largest absolute Gasteiger partial charge is 0.459 e. The number of nitrogen functional groups attached to an aromatic ring is 1. The summed E-state index contributed by atoms with van der Waals surface area (Å²) < 4.78 is 16.3. The number of carbonyl (C=O) groups excluding carboxylic acids is 5. The Morgan fingerprint density at radius 3 is 1.36 bits per heavy atom. The van der Waals surface area contributed by atoms with Crippen LogP contribution < -0.4 is 11.1 Å². The Labute approximate surface area is 374 Å². The average Bonchev–Trinajstić information content (AvgIpc) is 3.12. The third-order valence-electron chi connectivity index (χ3n) is 8.65. The third-order valence-corrected chi connectivity index (χ3v) is 10.3. The molecule has 0 spiro atoms. The van der Waals surface area contributed by atoms with Gasteiger partial charge in [0, 0.05) is 82.2 Å². The van der Waals surface area contributed by atoms with Crippen LogP contribution in [0.3, 0.4) is 0 Å². The van der Waals surface area contributed by atoms with Gasteiger partial charge in [-0.3, -0.25) is 14.6 Å². The normalized spacial score (nSPS) is 15.0. The number of rotatable bonds is 7. The Balaban J connectivity index is 0.000000523. The smallest absolute Gasteiger partial charge is 0.410 e. The lowest BCUT2D eigenvalue weighted by molar-refractivity contribution is -0.191. The molecule has 2 aliphatic rings. The second kappa shape index (κ2) is 25.1. The van der Waals surface area contributed by atoms with E-state index >= 15 is 0 Å². The number of nitrogens with two attached hydrogens (primary N) is 1. The molecule has 2 heterocycles. The van der Waals surface area contributed by atoms with Crippen molar-refractivity contribution in [3.8, 4) is 0 Å². The van der Waals surface area contributed by atoms with Crippen LogP contribution >= 0.6 is 15.9 Å². The molecule has 3 N–H and O–H groups in total. The van der Waals surface area contributed by atoms with Gasteiger partial charge in [-0.25, -0.2) is 9.59 Å². The van der Waals surface area contributed by atoms with Crippen LogP contribution in [0.5, 0.6) is 0 Å². The van der Waals surface area contributed by atoms with E-state index in [1.807, 2.05) is 82.2 Å². The van der Waals surface area contributed by atoms with Gasteiger partial charge in [-0.15, -0.1) is 0 Å². The maximum Gasteiger partial charge on any atom is 0.410 e. The number of nitrogens with zero attached hydrogens (tertiary/aromatic N) is 4. The molecule has 14 nitrogen and oxygen atoms in total. The van der Waals surface area contributed by atoms with Gasteiger partial charge < -0.3 is 35.1 Å². The molecule has 2 amide bonds. The molecular formula is C46H75BrN6O8. The summed E-state index contributed by atoms with van der Waals surface area (Å²) >= 11 is 3.37. The molecule has 2 saturated heterocycles. The number of ether oxygens (including phenoxy) is 3. The summed E-state index contributed by atoms with van der Waals surface area (Å²) in [6, 6.07) is 12.4. The van der Waals surface area contributed by atoms with Crippen LogP contribution in [-0.4, -0.2) is 125 Å². The maximum atomic E-state index is 12.2. The summed E-state index contributed by atoms with van der Waals surface area (Å²) in [7, 11) is 0. The summed E-state index contributed by atoms with van der Waals surface area (Å²) in [4.78, 5) is 60.8. The quantitative estimate of drug-likeness (QED) is 0.118. The monoisotopic (exact) mass is 918 g/mol. The number of hydrogen-bond acceptors (Lipinski definition) is 12. The summed E-state index contributed by atoms with van der Waals surface area (Å²) in [6.07, 6.45) is -0.223. The number of halogens is 1. The molecule has 2 fully saturated rings. The molecule has 2 aromatic carbocycles. The number of amides is 2. The number of alkyl halides is 1. The number of piperazine rings is 2. The Bertz CT molecular complexity index is 1710. The molecule has 0 saturated carbocycles. The standard InChI is InChI=1S/C23H37N3O4.C17H27N3O2.C5H11Br.CO2/c1-17-8-9-18(19(14-17)24-15-20(27)29-22(2,3)4)16-25-10-12-26(13-11-25)21(28)30-23(5,6)7;1-13-5-6-14(15(18)11-13)12-19-7-9-20(10-8-19)16(21)22-17(2,3)4;1-5(2,3)4-6;2-1-3/h8-9,14,24H,10-13,15-16H2,1-7H3;5-6,11H,7-10,12,18H2,1-4H3;4H2,1-3H3;. The van der Waals surface area contributed by atoms with Crippen molar-refractivity contribution in [1.29, 1.82) is 0 Å². The average molecular weight is 920 g/mol. The van der Waals surface area contributed by atoms with Crippen LogP contribution in [0.25, 0.3) is 0 Å². The topological polar surface area (TPSA) is 164 Å². The van der Waals surface area contributed by atoms with Gasteiger partial charge in [0.25, 0.3) is 0 Å². The predicted molar refractivity (Wildman–Crippen MR) is 246 cm³/mol. The van der Waals surface area contributed by atoms with Crippen LogP contribution in [0.4, 0.5) is 21.0 Å². The number of hydrogen-bond donors (Lipinski definition) is 2. The molecule has 2 aliphatic heterocycles. The predicted octanol–water partition coefficient (Wildman–Crippen LogP) is 8.28. The summed E-state index contributed by atoms with van der Waals surface area (Å²) in [5, 5.41) is 4.32. The Morgan fingerprint density at radius 2 is 1.00 bits per heavy atom. The minimum atomic E-state index is -0.498. The highest BCUT2D eigenvalue weighted by Crippen LogP contribution is 2.22. The highest BCUT2D eigenvalue weighted by molar-refractivity contribution is 9.09. The molecule has 0 aliphatic carbocycles. The number of nitrogens with one attached hydrogen (secondary N) is 1. The van der Waals surface area contributed by atoms with Crippen molar-refractivity contribution in [3.63, 3.8) is 0 Å². The molecule has 4 rings (SSSR count). The zero-order valence-corrected chi connectivity index (χ0v) is 41.0. The lowest BCUT2D eigenvalue weighted by atomic mass is 10.0. The molecule has 0 radical (unpaired) electrons. The number of benzene rings is 2. The van der Waals surface area contributed by atoms with Crippen molar-refractivity contribution in [2.75, 3.05) is 75.3 Å². The van der Waals surface area contributed by atoms with Gasteiger partial charge in [-0.2, -0.15) is 9.59 Å². The first-order valence-electron chi connectivity index (χ1n) is 20.9. The second-order valence-electron chi connectivity index (χ2n) is 19.6. The van der Waals surface area contributed by atoms with E-state index in [0.29, 0.717) is 31.6 Å². The van der Waals surface area contributed by atoms with E-state index in [4.69, 9.17) is 29.5 Å². The fourth-order valence-corrected chi connectivity index (χ4v) is 5.71. The van der Waals surface area contributed by atoms with Gasteiger partial charge in [0.1, 0.15) is 23.3 Å². The van der Waals surface area contributed by atoms with Crippen LogP contribution in [0.15, 0.2) is 36.4 Å². The van der Waals surface area contributed by atoms with Crippen molar-refractivity contribution in [2.24, 2.45) is 5.41 Å². The molecule has 0 bridgehead atoms. The lowest BCUT2D eigenvalue weighted by Gasteiger charge is -2.35. The van der Waals surface area contributed by atoms with E-state index in [9.17, 15) is 14.4 Å². The number of esters is 1. The molecule has 0 atom stereocenters. The maximum absolute atomic E-state index is 12.2. The molecule has 2 aromatic rings. The van der Waals surface area contributed by atoms with Crippen LogP contribution in [0, 0.1) is 19.3 Å². The minimum absolute atomic E-state index is 0.125. The van der Waals surface area contributed by atoms with E-state index in [2.05, 4.69) is 82.1 Å². The number of carbonyl (C=O) groups is 3. The minimum Gasteiger partial charge on any atom is -0.459 e. The molecule has 61 heavy (non-hydrogen) atoms. The van der Waals surface area contributed by atoms with Crippen molar-refractivity contribution >= 4 is 51.6 Å². The van der Waals surface area contributed by atoms with Gasteiger partial charge in [0.15, 0.2) is 0 Å². The van der Waals surface area contributed by atoms with E-state index < -0.39 is 16.8 Å². The molecular weight excluding hydrogens is 844 g/mol. The molecule has 0 unspecified atom stereocenters. The molecule has 344 valence electrons. The number of aryl methyl sites for hydroxylation is 2. The van der Waals surface area contributed by atoms with Gasteiger partial charge >= 0.3 is 24.3 Å². The first-order valence-corrected chi connectivity index (χ1v) is 22.0. The Hall–Kier alpha value is -4.17. The van der Waals surface area contributed by atoms with Crippen molar-refractivity contribution in [2.45, 2.75) is 127 Å². The fourth-order valence-electron chi connectivity index (χ4n) is 5.71. The third kappa shape index (κ3) is 24.8. The van der Waals surface area contributed by atoms with Crippen molar-refractivity contribution < 1.29 is 38.2 Å². The van der Waals surface area contributed by atoms with Gasteiger partial charge in [0.05, 0.1) is 0 Å². The highest BCUT2D eigenvalue weighted by Gasteiger charge is 2.28. The van der Waals surface area contributed by atoms with Crippen LogP contribution in [0.2, 0.25) is 0 Å². The zero-order valence-electron chi connectivity index (χ0n) is 39.5. The fraction of sp³-hybridized carbons (Fsp3) is 0.652. The van der Waals surface area contributed by atoms with Crippen molar-refractivity contribution in [1.82, 2.24) is 19.6 Å². The second-order valence-corrected chi connectivity index (χ2v) is 20.1. The van der Waals surface area contributed by atoms with E-state index in [0.717, 1.165) is 72.7 Å². The van der Waals surface area contributed by atoms with Gasteiger partial charge in [-0.05, 0) is 116 Å². The van der Waals surface area contributed by atoms with Gasteiger partial charge in [-0.1, -0.05) is 61.0 Å². The zero-order chi connectivity index (χ0) is 46.8. The number of anilines is 2. The van der Waals surface area contributed by atoms with Gasteiger partial charge in [0.2, 0.25) is 0 Å². The first-order chi connectivity index (χ1) is 28.0. The molecule has 0 aromatic heterocycles. The van der Waals surface area contributed by atoms with Crippen LogP contribution in [0.1, 0.15) is 105 Å².